The average molecular weight is 383 g/mol. The van der Waals surface area contributed by atoms with E-state index >= 15 is 0 Å². The van der Waals surface area contributed by atoms with Gasteiger partial charge in [0.2, 0.25) is 0 Å². The fourth-order valence-electron chi connectivity index (χ4n) is 3.69. The summed E-state index contributed by atoms with van der Waals surface area (Å²) in [5.74, 6) is 0.636. The molecular formula is C21H26N4OS. The molecule has 4 rings (SSSR count). The molecule has 3 aromatic rings. The molecule has 3 heterocycles. The molecule has 1 atom stereocenters. The minimum Gasteiger partial charge on any atom is -0.381 e. The van der Waals surface area contributed by atoms with E-state index < -0.39 is 0 Å². The van der Waals surface area contributed by atoms with Crippen LogP contribution in [0.25, 0.3) is 4.96 Å². The first kappa shape index (κ1) is 18.0. The fraction of sp³-hybridized carbons (Fsp3) is 0.429. The van der Waals surface area contributed by atoms with Gasteiger partial charge in [0, 0.05) is 36.4 Å². The molecule has 1 saturated heterocycles. The highest BCUT2D eigenvalue weighted by atomic mass is 32.1. The van der Waals surface area contributed by atoms with Gasteiger partial charge in [0.25, 0.3) is 5.91 Å². The molecule has 142 valence electrons. The Balaban J connectivity index is 1.45. The second kappa shape index (κ2) is 7.35. The van der Waals surface area contributed by atoms with Crippen LogP contribution in [0.4, 0.5) is 5.69 Å². The number of nitrogens with one attached hydrogen (secondary N) is 1. The molecule has 1 fully saturated rings. The van der Waals surface area contributed by atoms with E-state index in [4.69, 9.17) is 0 Å². The Hall–Kier alpha value is -2.34. The number of rotatable bonds is 4. The number of nitrogens with zero attached hydrogens (tertiary/aromatic N) is 3. The Morgan fingerprint density at radius 1 is 1.30 bits per heavy atom. The van der Waals surface area contributed by atoms with Crippen molar-refractivity contribution in [2.45, 2.75) is 45.6 Å². The van der Waals surface area contributed by atoms with Gasteiger partial charge in [0.05, 0.1) is 5.69 Å². The van der Waals surface area contributed by atoms with Crippen LogP contribution >= 0.6 is 11.3 Å². The van der Waals surface area contributed by atoms with E-state index in [0.29, 0.717) is 5.92 Å². The summed E-state index contributed by atoms with van der Waals surface area (Å²) in [5, 5.41) is 5.53. The first-order chi connectivity index (χ1) is 13.0. The number of imidazole rings is 1. The lowest BCUT2D eigenvalue weighted by atomic mass is 10.0. The molecule has 1 amide bonds. The van der Waals surface area contributed by atoms with Gasteiger partial charge in [-0.05, 0) is 43.4 Å². The van der Waals surface area contributed by atoms with Crippen LogP contribution < -0.4 is 5.32 Å². The summed E-state index contributed by atoms with van der Waals surface area (Å²) in [7, 11) is 0. The van der Waals surface area contributed by atoms with Crippen LogP contribution in [0.15, 0.2) is 35.8 Å². The van der Waals surface area contributed by atoms with Gasteiger partial charge in [-0.3, -0.25) is 9.20 Å². The third-order valence-electron chi connectivity index (χ3n) is 5.21. The molecule has 0 bridgehead atoms. The smallest absolute Gasteiger partial charge is 0.271 e. The predicted molar refractivity (Wildman–Crippen MR) is 111 cm³/mol. The zero-order valence-corrected chi connectivity index (χ0v) is 16.9. The van der Waals surface area contributed by atoms with Crippen LogP contribution in [0, 0.1) is 6.92 Å². The van der Waals surface area contributed by atoms with Crippen LogP contribution in [0.3, 0.4) is 0 Å². The lowest BCUT2D eigenvalue weighted by Gasteiger charge is -2.33. The number of benzene rings is 1. The minimum atomic E-state index is 0.0975. The van der Waals surface area contributed by atoms with Crippen LogP contribution in [-0.4, -0.2) is 39.3 Å². The SMILES string of the molecule is Cc1cn2c(C(=O)N3CCC[C@@H](Nc4ccc(C(C)C)cc4)C3)csc2n1. The van der Waals surface area contributed by atoms with E-state index in [1.54, 1.807) is 0 Å². The number of aromatic nitrogens is 2. The van der Waals surface area contributed by atoms with Crippen LogP contribution in [0.5, 0.6) is 0 Å². The molecule has 1 N–H and O–H groups in total. The lowest BCUT2D eigenvalue weighted by molar-refractivity contribution is 0.0708. The van der Waals surface area contributed by atoms with Crippen molar-refractivity contribution in [3.05, 3.63) is 52.8 Å². The summed E-state index contributed by atoms with van der Waals surface area (Å²) in [6.45, 7) is 7.91. The number of hydrogen-bond donors (Lipinski definition) is 1. The van der Waals surface area contributed by atoms with Crippen LogP contribution in [-0.2, 0) is 0 Å². The maximum Gasteiger partial charge on any atom is 0.271 e. The van der Waals surface area contributed by atoms with Crippen molar-refractivity contribution < 1.29 is 4.79 Å². The molecular weight excluding hydrogens is 356 g/mol. The molecule has 0 radical (unpaired) electrons. The standard InChI is InChI=1S/C21H26N4OS/c1-14(2)16-6-8-17(9-7-16)23-18-5-4-10-24(12-18)20(26)19-13-27-21-22-15(3)11-25(19)21/h6-9,11,13-14,18,23H,4-5,10,12H2,1-3H3/t18-/m1/s1. The molecule has 0 aliphatic carbocycles. The summed E-state index contributed by atoms with van der Waals surface area (Å²) in [6.07, 6.45) is 4.04. The molecule has 0 unspecified atom stereocenters. The van der Waals surface area contributed by atoms with Crippen molar-refractivity contribution in [3.8, 4) is 0 Å². The molecule has 1 aliphatic heterocycles. The molecule has 2 aromatic heterocycles. The fourth-order valence-corrected chi connectivity index (χ4v) is 4.58. The molecule has 1 aliphatic rings. The number of aryl methyl sites for hydroxylation is 1. The number of amides is 1. The number of carbonyl (C=O) groups is 1. The third-order valence-corrected chi connectivity index (χ3v) is 6.05. The summed E-state index contributed by atoms with van der Waals surface area (Å²) in [5.41, 5.74) is 4.14. The maximum atomic E-state index is 13.1. The van der Waals surface area contributed by atoms with Gasteiger partial charge in [0.15, 0.2) is 4.96 Å². The second-order valence-corrected chi connectivity index (χ2v) is 8.50. The van der Waals surface area contributed by atoms with Gasteiger partial charge in [-0.15, -0.1) is 11.3 Å². The Morgan fingerprint density at radius 2 is 2.07 bits per heavy atom. The first-order valence-corrected chi connectivity index (χ1v) is 10.5. The van der Waals surface area contributed by atoms with Crippen molar-refractivity contribution >= 4 is 27.9 Å². The molecule has 27 heavy (non-hydrogen) atoms. The normalized spacial score (nSPS) is 17.6. The Kier molecular flexibility index (Phi) is 4.91. The molecule has 1 aromatic carbocycles. The van der Waals surface area contributed by atoms with Crippen molar-refractivity contribution in [3.63, 3.8) is 0 Å². The van der Waals surface area contributed by atoms with Gasteiger partial charge < -0.3 is 10.2 Å². The molecule has 0 saturated carbocycles. The second-order valence-electron chi connectivity index (χ2n) is 7.67. The summed E-state index contributed by atoms with van der Waals surface area (Å²) < 4.78 is 1.92. The lowest BCUT2D eigenvalue weighted by Crippen LogP contribution is -2.45. The van der Waals surface area contributed by atoms with E-state index in [-0.39, 0.29) is 11.9 Å². The quantitative estimate of drug-likeness (QED) is 0.720. The van der Waals surface area contributed by atoms with Gasteiger partial charge in [0.1, 0.15) is 5.69 Å². The zero-order valence-electron chi connectivity index (χ0n) is 16.1. The number of piperidine rings is 1. The topological polar surface area (TPSA) is 49.6 Å². The molecule has 5 nitrogen and oxygen atoms in total. The first-order valence-electron chi connectivity index (χ1n) is 9.60. The summed E-state index contributed by atoms with van der Waals surface area (Å²) in [6, 6.07) is 8.94. The van der Waals surface area contributed by atoms with E-state index in [9.17, 15) is 4.79 Å². The Bertz CT molecular complexity index is 941. The zero-order chi connectivity index (χ0) is 19.0. The van der Waals surface area contributed by atoms with Crippen molar-refractivity contribution in [1.82, 2.24) is 14.3 Å². The van der Waals surface area contributed by atoms with E-state index in [0.717, 1.165) is 48.0 Å². The minimum absolute atomic E-state index is 0.0975. The van der Waals surface area contributed by atoms with Gasteiger partial charge >= 0.3 is 0 Å². The van der Waals surface area contributed by atoms with Gasteiger partial charge in [-0.2, -0.15) is 0 Å². The Morgan fingerprint density at radius 3 is 2.81 bits per heavy atom. The maximum absolute atomic E-state index is 13.1. The van der Waals surface area contributed by atoms with Crippen molar-refractivity contribution in [2.75, 3.05) is 18.4 Å². The molecule has 0 spiro atoms. The Labute approximate surface area is 164 Å². The van der Waals surface area contributed by atoms with Gasteiger partial charge in [-0.1, -0.05) is 26.0 Å². The summed E-state index contributed by atoms with van der Waals surface area (Å²) in [4.78, 5) is 20.4. The monoisotopic (exact) mass is 382 g/mol. The van der Waals surface area contributed by atoms with Crippen LogP contribution in [0.2, 0.25) is 0 Å². The van der Waals surface area contributed by atoms with Crippen molar-refractivity contribution in [1.29, 1.82) is 0 Å². The number of thiazole rings is 1. The summed E-state index contributed by atoms with van der Waals surface area (Å²) >= 11 is 1.52. The van der Waals surface area contributed by atoms with E-state index in [1.165, 1.54) is 16.9 Å². The molecule has 6 heteroatoms. The highest BCUT2D eigenvalue weighted by Gasteiger charge is 2.26. The number of hydrogen-bond acceptors (Lipinski definition) is 4. The number of anilines is 1. The van der Waals surface area contributed by atoms with Crippen molar-refractivity contribution in [2.24, 2.45) is 0 Å². The average Bonchev–Trinajstić information content (AvgIpc) is 3.21. The highest BCUT2D eigenvalue weighted by molar-refractivity contribution is 7.15. The van der Waals surface area contributed by atoms with Gasteiger partial charge in [-0.25, -0.2) is 4.98 Å². The third kappa shape index (κ3) is 3.72. The van der Waals surface area contributed by atoms with E-state index in [2.05, 4.69) is 48.4 Å². The largest absolute Gasteiger partial charge is 0.381 e. The number of carbonyl (C=O) groups excluding carboxylic acids is 1. The number of fused-ring (bicyclic) bond motifs is 1. The number of likely N-dealkylation sites (tertiary alicyclic amines) is 1. The van der Waals surface area contributed by atoms with Crippen LogP contribution in [0.1, 0.15) is 54.4 Å². The van der Waals surface area contributed by atoms with E-state index in [1.807, 2.05) is 27.8 Å². The highest BCUT2D eigenvalue weighted by Crippen LogP contribution is 2.23. The predicted octanol–water partition coefficient (Wildman–Crippen LogP) is 4.54.